The average molecular weight is 431 g/mol. The first-order valence-electron chi connectivity index (χ1n) is 9.91. The maximum absolute atomic E-state index is 12.7. The van der Waals surface area contributed by atoms with Crippen LogP contribution in [-0.4, -0.2) is 48.7 Å². The van der Waals surface area contributed by atoms with Crippen LogP contribution in [0.2, 0.25) is 0 Å². The summed E-state index contributed by atoms with van der Waals surface area (Å²) in [6.07, 6.45) is 2.48. The van der Waals surface area contributed by atoms with Gasteiger partial charge in [0.2, 0.25) is 21.8 Å². The first-order chi connectivity index (χ1) is 14.4. The van der Waals surface area contributed by atoms with Gasteiger partial charge in [0.1, 0.15) is 6.04 Å². The van der Waals surface area contributed by atoms with Crippen LogP contribution in [0.15, 0.2) is 59.6 Å². The van der Waals surface area contributed by atoms with Crippen molar-refractivity contribution >= 4 is 21.8 Å². The van der Waals surface area contributed by atoms with Crippen molar-refractivity contribution in [3.05, 3.63) is 60.4 Å². The smallest absolute Gasteiger partial charge is 0.243 e. The largest absolute Gasteiger partial charge is 0.349 e. The number of amides is 2. The molecule has 8 nitrogen and oxygen atoms in total. The molecular weight excluding hydrogens is 404 g/mol. The molecule has 3 rings (SSSR count). The molecule has 1 atom stereocenters. The average Bonchev–Trinajstić information content (AvgIpc) is 2.78. The summed E-state index contributed by atoms with van der Waals surface area (Å²) in [6.45, 7) is 2.46. The van der Waals surface area contributed by atoms with Crippen LogP contribution in [0, 0.1) is 5.92 Å². The van der Waals surface area contributed by atoms with Crippen LogP contribution in [-0.2, 0) is 26.2 Å². The molecule has 1 aliphatic heterocycles. The highest BCUT2D eigenvalue weighted by molar-refractivity contribution is 7.89. The van der Waals surface area contributed by atoms with Crippen molar-refractivity contribution in [1.82, 2.24) is 19.9 Å². The van der Waals surface area contributed by atoms with Crippen molar-refractivity contribution in [2.75, 3.05) is 13.1 Å². The number of sulfonamides is 1. The maximum atomic E-state index is 12.7. The SMILES string of the molecule is C[C@@H](NC(=O)C1CCN(S(=O)(=O)c2ccccc2)CC1)C(=O)NCc1ccccn1. The first-order valence-corrected chi connectivity index (χ1v) is 11.3. The Labute approximate surface area is 176 Å². The van der Waals surface area contributed by atoms with Crippen LogP contribution in [0.3, 0.4) is 0 Å². The standard InChI is InChI=1S/C21H26N4O4S/c1-16(20(26)23-15-18-7-5-6-12-22-18)24-21(27)17-10-13-25(14-11-17)30(28,29)19-8-3-2-4-9-19/h2-9,12,16-17H,10-11,13-15H2,1H3,(H,23,26)(H,24,27)/t16-/m1/s1. The minimum atomic E-state index is -3.55. The van der Waals surface area contributed by atoms with Crippen molar-refractivity contribution in [3.8, 4) is 0 Å². The van der Waals surface area contributed by atoms with Gasteiger partial charge in [-0.2, -0.15) is 4.31 Å². The number of rotatable bonds is 7. The number of carbonyl (C=O) groups excluding carboxylic acids is 2. The van der Waals surface area contributed by atoms with Crippen molar-refractivity contribution < 1.29 is 18.0 Å². The summed E-state index contributed by atoms with van der Waals surface area (Å²) < 4.78 is 26.8. The summed E-state index contributed by atoms with van der Waals surface area (Å²) in [5.41, 5.74) is 0.733. The van der Waals surface area contributed by atoms with Gasteiger partial charge in [0, 0.05) is 25.2 Å². The normalized spacial score (nSPS) is 16.6. The Morgan fingerprint density at radius 2 is 1.77 bits per heavy atom. The van der Waals surface area contributed by atoms with Gasteiger partial charge in [0.15, 0.2) is 0 Å². The summed E-state index contributed by atoms with van der Waals surface area (Å²) in [5.74, 6) is -0.844. The molecule has 0 bridgehead atoms. The number of pyridine rings is 1. The second kappa shape index (κ2) is 9.82. The van der Waals surface area contributed by atoms with E-state index in [2.05, 4.69) is 15.6 Å². The minimum absolute atomic E-state index is 0.229. The molecular formula is C21H26N4O4S. The van der Waals surface area contributed by atoms with Gasteiger partial charge < -0.3 is 10.6 Å². The number of nitrogens with one attached hydrogen (secondary N) is 2. The zero-order chi connectivity index (χ0) is 21.6. The van der Waals surface area contributed by atoms with Gasteiger partial charge >= 0.3 is 0 Å². The zero-order valence-electron chi connectivity index (χ0n) is 16.8. The van der Waals surface area contributed by atoms with E-state index in [9.17, 15) is 18.0 Å². The number of hydrogen-bond acceptors (Lipinski definition) is 5. The zero-order valence-corrected chi connectivity index (χ0v) is 17.6. The Bertz CT molecular complexity index is 959. The van der Waals surface area contributed by atoms with Gasteiger partial charge in [0.05, 0.1) is 17.1 Å². The predicted octanol–water partition coefficient (Wildman–Crippen LogP) is 1.30. The van der Waals surface area contributed by atoms with E-state index < -0.39 is 16.1 Å². The van der Waals surface area contributed by atoms with Crippen LogP contribution >= 0.6 is 0 Å². The van der Waals surface area contributed by atoms with E-state index in [1.165, 1.54) is 4.31 Å². The quantitative estimate of drug-likeness (QED) is 0.688. The van der Waals surface area contributed by atoms with E-state index >= 15 is 0 Å². The highest BCUT2D eigenvalue weighted by Gasteiger charge is 2.32. The Morgan fingerprint density at radius 3 is 2.40 bits per heavy atom. The fraction of sp³-hybridized carbons (Fsp3) is 0.381. The fourth-order valence-corrected chi connectivity index (χ4v) is 4.82. The van der Waals surface area contributed by atoms with Crippen molar-refractivity contribution in [3.63, 3.8) is 0 Å². The second-order valence-corrected chi connectivity index (χ2v) is 9.20. The monoisotopic (exact) mass is 430 g/mol. The van der Waals surface area contributed by atoms with Gasteiger partial charge in [-0.05, 0) is 44.0 Å². The predicted molar refractivity (Wildman–Crippen MR) is 112 cm³/mol. The molecule has 0 radical (unpaired) electrons. The van der Waals surface area contributed by atoms with Crippen LogP contribution in [0.25, 0.3) is 0 Å². The summed E-state index contributed by atoms with van der Waals surface area (Å²) in [6, 6.07) is 13.0. The number of piperidine rings is 1. The number of hydrogen-bond donors (Lipinski definition) is 2. The molecule has 30 heavy (non-hydrogen) atoms. The van der Waals surface area contributed by atoms with Gasteiger partial charge in [-0.3, -0.25) is 14.6 Å². The van der Waals surface area contributed by atoms with Gasteiger partial charge in [0.25, 0.3) is 0 Å². The van der Waals surface area contributed by atoms with E-state index in [0.29, 0.717) is 12.8 Å². The third-order valence-electron chi connectivity index (χ3n) is 5.13. The van der Waals surface area contributed by atoms with Crippen LogP contribution in [0.1, 0.15) is 25.5 Å². The lowest BCUT2D eigenvalue weighted by Gasteiger charge is -2.31. The fourth-order valence-electron chi connectivity index (χ4n) is 3.33. The topological polar surface area (TPSA) is 108 Å². The minimum Gasteiger partial charge on any atom is -0.349 e. The molecule has 1 aliphatic rings. The molecule has 2 heterocycles. The molecule has 1 fully saturated rings. The molecule has 1 aromatic carbocycles. The molecule has 0 spiro atoms. The number of nitrogens with zero attached hydrogens (tertiary/aromatic N) is 2. The highest BCUT2D eigenvalue weighted by atomic mass is 32.2. The summed E-state index contributed by atoms with van der Waals surface area (Å²) in [4.78, 5) is 29.2. The van der Waals surface area contributed by atoms with E-state index in [0.717, 1.165) is 5.69 Å². The lowest BCUT2D eigenvalue weighted by Crippen LogP contribution is -2.49. The lowest BCUT2D eigenvalue weighted by atomic mass is 9.97. The third-order valence-corrected chi connectivity index (χ3v) is 7.04. The highest BCUT2D eigenvalue weighted by Crippen LogP contribution is 2.23. The van der Waals surface area contributed by atoms with Gasteiger partial charge in [-0.25, -0.2) is 8.42 Å². The third kappa shape index (κ3) is 5.43. The molecule has 160 valence electrons. The Kier molecular flexibility index (Phi) is 7.17. The molecule has 2 aromatic rings. The number of carbonyl (C=O) groups is 2. The van der Waals surface area contributed by atoms with Crippen LogP contribution in [0.4, 0.5) is 0 Å². The van der Waals surface area contributed by atoms with Crippen LogP contribution in [0.5, 0.6) is 0 Å². The Hall–Kier alpha value is -2.78. The summed E-state index contributed by atoms with van der Waals surface area (Å²) in [5, 5.41) is 5.48. The van der Waals surface area contributed by atoms with E-state index in [-0.39, 0.29) is 42.3 Å². The number of benzene rings is 1. The van der Waals surface area contributed by atoms with Crippen molar-refractivity contribution in [1.29, 1.82) is 0 Å². The molecule has 0 aliphatic carbocycles. The van der Waals surface area contributed by atoms with Crippen molar-refractivity contribution in [2.45, 2.75) is 37.2 Å². The molecule has 0 unspecified atom stereocenters. The maximum Gasteiger partial charge on any atom is 0.243 e. The Morgan fingerprint density at radius 1 is 1.10 bits per heavy atom. The molecule has 2 amide bonds. The molecule has 1 saturated heterocycles. The van der Waals surface area contributed by atoms with E-state index in [1.807, 2.05) is 6.07 Å². The summed E-state index contributed by atoms with van der Waals surface area (Å²) in [7, 11) is -3.55. The molecule has 9 heteroatoms. The van der Waals surface area contributed by atoms with E-state index in [1.54, 1.807) is 55.6 Å². The summed E-state index contributed by atoms with van der Waals surface area (Å²) >= 11 is 0. The van der Waals surface area contributed by atoms with Crippen molar-refractivity contribution in [2.24, 2.45) is 5.92 Å². The second-order valence-electron chi connectivity index (χ2n) is 7.26. The van der Waals surface area contributed by atoms with Gasteiger partial charge in [-0.1, -0.05) is 24.3 Å². The molecule has 0 saturated carbocycles. The molecule has 1 aromatic heterocycles. The van der Waals surface area contributed by atoms with E-state index in [4.69, 9.17) is 0 Å². The van der Waals surface area contributed by atoms with Crippen LogP contribution < -0.4 is 10.6 Å². The Balaban J connectivity index is 1.47. The molecule has 2 N–H and O–H groups in total. The number of aromatic nitrogens is 1. The van der Waals surface area contributed by atoms with Gasteiger partial charge in [-0.15, -0.1) is 0 Å². The first kappa shape index (κ1) is 21.9. The lowest BCUT2D eigenvalue weighted by molar-refractivity contribution is -0.131.